The van der Waals surface area contributed by atoms with Crippen LogP contribution in [0.25, 0.3) is 0 Å². The molecule has 0 bridgehead atoms. The van der Waals surface area contributed by atoms with Crippen LogP contribution >= 0.6 is 0 Å². The molecule has 0 aliphatic carbocycles. The number of furan rings is 1. The third-order valence-electron chi connectivity index (χ3n) is 3.54. The molecule has 0 unspecified atom stereocenters. The van der Waals surface area contributed by atoms with Crippen LogP contribution in [0.1, 0.15) is 19.6 Å². The summed E-state index contributed by atoms with van der Waals surface area (Å²) < 4.78 is 89.1. The molecule has 0 saturated heterocycles. The minimum Gasteiger partial charge on any atom is -0.744 e. The molecule has 0 spiro atoms. The molecule has 2 rings (SSSR count). The molecule has 0 aliphatic heterocycles. The molecule has 14 heteroatoms. The van der Waals surface area contributed by atoms with Gasteiger partial charge in [-0.15, -0.1) is 0 Å². The minimum atomic E-state index is -5.15. The molecule has 0 atom stereocenters. The van der Waals surface area contributed by atoms with E-state index < -0.39 is 50.4 Å². The van der Waals surface area contributed by atoms with Crippen molar-refractivity contribution in [3.8, 4) is 0 Å². The number of anilines is 1. The number of hydrogen-bond donors (Lipinski definition) is 2. The Labute approximate surface area is 212 Å². The van der Waals surface area contributed by atoms with Crippen molar-refractivity contribution in [1.29, 1.82) is 0 Å². The van der Waals surface area contributed by atoms with Crippen LogP contribution in [-0.4, -0.2) is 35.6 Å². The predicted molar refractivity (Wildman–Crippen MR) is 98.7 cm³/mol. The van der Waals surface area contributed by atoms with Crippen molar-refractivity contribution in [2.24, 2.45) is 11.1 Å². The number of nitrogens with one attached hydrogen (secondary N) is 1. The van der Waals surface area contributed by atoms with E-state index in [2.05, 4.69) is 5.32 Å². The molecule has 0 fully saturated rings. The summed E-state index contributed by atoms with van der Waals surface area (Å²) in [6, 6.07) is 4.40. The van der Waals surface area contributed by atoms with Gasteiger partial charge in [-0.3, -0.25) is 0 Å². The molecular formula is C15H19KN2O8S3. The van der Waals surface area contributed by atoms with E-state index in [1.807, 2.05) is 0 Å². The summed E-state index contributed by atoms with van der Waals surface area (Å²) in [4.78, 5) is -2.57. The summed E-state index contributed by atoms with van der Waals surface area (Å²) in [6.45, 7) is 3.15. The Morgan fingerprint density at radius 2 is 1.69 bits per heavy atom. The first kappa shape index (κ1) is 26.7. The van der Waals surface area contributed by atoms with Gasteiger partial charge >= 0.3 is 51.4 Å². The first-order chi connectivity index (χ1) is 12.7. The molecule has 0 amide bonds. The SMILES string of the molecule is CC(C)CS(=O)(=O)c1cc(NCc2ccco2)c(S(=O)(=O)[O-])cc1S(N)(=O)=O.[K+]. The topological polar surface area (TPSA) is 177 Å². The first-order valence-electron chi connectivity index (χ1n) is 7.87. The van der Waals surface area contributed by atoms with Crippen molar-refractivity contribution >= 4 is 35.7 Å². The van der Waals surface area contributed by atoms with E-state index in [1.54, 1.807) is 26.0 Å². The maximum atomic E-state index is 12.7. The van der Waals surface area contributed by atoms with Gasteiger partial charge in [0.25, 0.3) is 0 Å². The van der Waals surface area contributed by atoms with E-state index in [9.17, 15) is 29.8 Å². The van der Waals surface area contributed by atoms with E-state index in [0.717, 1.165) is 6.07 Å². The fourth-order valence-electron chi connectivity index (χ4n) is 2.48. The van der Waals surface area contributed by atoms with Crippen LogP contribution in [0.2, 0.25) is 0 Å². The molecule has 0 radical (unpaired) electrons. The third-order valence-corrected chi connectivity index (χ3v) is 7.61. The maximum Gasteiger partial charge on any atom is 1.00 e. The second-order valence-electron chi connectivity index (χ2n) is 6.40. The molecule has 0 saturated carbocycles. The molecule has 0 aliphatic rings. The Hall–Kier alpha value is -0.294. The van der Waals surface area contributed by atoms with Crippen molar-refractivity contribution in [1.82, 2.24) is 0 Å². The van der Waals surface area contributed by atoms with Crippen LogP contribution < -0.4 is 61.8 Å². The largest absolute Gasteiger partial charge is 1.00 e. The summed E-state index contributed by atoms with van der Waals surface area (Å²) >= 11 is 0. The summed E-state index contributed by atoms with van der Waals surface area (Å²) in [6.07, 6.45) is 1.37. The van der Waals surface area contributed by atoms with Crippen molar-refractivity contribution in [2.45, 2.75) is 35.1 Å². The second-order valence-corrected chi connectivity index (χ2v) is 11.3. The van der Waals surface area contributed by atoms with Gasteiger partial charge < -0.3 is 14.3 Å². The molecule has 2 aromatic rings. The zero-order valence-electron chi connectivity index (χ0n) is 15.9. The van der Waals surface area contributed by atoms with Crippen molar-refractivity contribution in [3.63, 3.8) is 0 Å². The predicted octanol–water partition coefficient (Wildman–Crippen LogP) is -2.12. The molecule has 29 heavy (non-hydrogen) atoms. The minimum absolute atomic E-state index is 0. The van der Waals surface area contributed by atoms with E-state index in [-0.39, 0.29) is 69.5 Å². The second kappa shape index (κ2) is 9.89. The fraction of sp³-hybridized carbons (Fsp3) is 0.333. The quantitative estimate of drug-likeness (QED) is 0.309. The van der Waals surface area contributed by atoms with E-state index >= 15 is 0 Å². The number of nitrogens with two attached hydrogens (primary N) is 1. The standard InChI is InChI=1S/C15H20N2O8S3.K/c1-10(2)9-26(18,19)14-6-12(17-8-11-4-3-5-25-11)13(28(22,23)24)7-15(14)27(16,20)21;/h3-7,10,17H,8-9H2,1-2H3,(H2,16,20,21)(H,22,23,24);/q;+1/p-1. The number of sulfone groups is 1. The number of benzene rings is 1. The van der Waals surface area contributed by atoms with Crippen LogP contribution in [0.4, 0.5) is 5.69 Å². The van der Waals surface area contributed by atoms with Crippen LogP contribution in [0.3, 0.4) is 0 Å². The first-order valence-corrected chi connectivity index (χ1v) is 12.5. The van der Waals surface area contributed by atoms with Gasteiger partial charge in [0, 0.05) is 0 Å². The molecule has 1 aromatic heterocycles. The molecule has 156 valence electrons. The maximum absolute atomic E-state index is 12.7. The van der Waals surface area contributed by atoms with Crippen molar-refractivity contribution in [3.05, 3.63) is 36.3 Å². The number of hydrogen-bond acceptors (Lipinski definition) is 9. The molecular weight excluding hydrogens is 471 g/mol. The van der Waals surface area contributed by atoms with Crippen LogP contribution in [0, 0.1) is 5.92 Å². The molecule has 1 heterocycles. The smallest absolute Gasteiger partial charge is 0.744 e. The van der Waals surface area contributed by atoms with Crippen LogP contribution in [-0.2, 0) is 36.5 Å². The Kier molecular flexibility index (Phi) is 9.12. The monoisotopic (exact) mass is 490 g/mol. The fourth-order valence-corrected chi connectivity index (χ4v) is 6.28. The average molecular weight is 491 g/mol. The Morgan fingerprint density at radius 3 is 2.14 bits per heavy atom. The molecule has 10 nitrogen and oxygen atoms in total. The van der Waals surface area contributed by atoms with E-state index in [1.165, 1.54) is 6.26 Å². The number of primary sulfonamides is 1. The average Bonchev–Trinajstić information content (AvgIpc) is 3.02. The van der Waals surface area contributed by atoms with Crippen LogP contribution in [0.5, 0.6) is 0 Å². The number of rotatable bonds is 8. The molecule has 3 N–H and O–H groups in total. The van der Waals surface area contributed by atoms with Crippen molar-refractivity contribution in [2.75, 3.05) is 11.1 Å². The number of sulfonamides is 1. The summed E-state index contributed by atoms with van der Waals surface area (Å²) in [5, 5.41) is 7.67. The zero-order chi connectivity index (χ0) is 21.3. The summed E-state index contributed by atoms with van der Waals surface area (Å²) in [5.74, 6) is -0.381. The van der Waals surface area contributed by atoms with E-state index in [4.69, 9.17) is 9.56 Å². The molecule has 1 aromatic carbocycles. The Morgan fingerprint density at radius 1 is 1.07 bits per heavy atom. The third kappa shape index (κ3) is 7.12. The Bertz CT molecular complexity index is 1170. The summed E-state index contributed by atoms with van der Waals surface area (Å²) in [7, 11) is -13.9. The van der Waals surface area contributed by atoms with Gasteiger partial charge in [0.15, 0.2) is 9.84 Å². The van der Waals surface area contributed by atoms with Crippen LogP contribution in [0.15, 0.2) is 49.6 Å². The summed E-state index contributed by atoms with van der Waals surface area (Å²) in [5.41, 5.74) is -0.374. The van der Waals surface area contributed by atoms with Gasteiger partial charge in [-0.1, -0.05) is 13.8 Å². The van der Waals surface area contributed by atoms with Gasteiger partial charge in [-0.25, -0.2) is 30.4 Å². The van der Waals surface area contributed by atoms with Crippen molar-refractivity contribution < 1.29 is 85.6 Å². The van der Waals surface area contributed by atoms with E-state index in [0.29, 0.717) is 11.8 Å². The normalized spacial score (nSPS) is 12.6. The zero-order valence-corrected chi connectivity index (χ0v) is 21.5. The van der Waals surface area contributed by atoms with Gasteiger partial charge in [0.2, 0.25) is 10.0 Å². The van der Waals surface area contributed by atoms with Gasteiger partial charge in [0.05, 0.1) is 34.0 Å². The van der Waals surface area contributed by atoms with Gasteiger partial charge in [-0.05, 0) is 30.2 Å². The van der Waals surface area contributed by atoms with Gasteiger partial charge in [0.1, 0.15) is 20.8 Å². The Balaban J connectivity index is 0.00000420. The van der Waals surface area contributed by atoms with Gasteiger partial charge in [-0.2, -0.15) is 0 Å².